The predicted molar refractivity (Wildman–Crippen MR) is 105 cm³/mol. The highest BCUT2D eigenvalue weighted by molar-refractivity contribution is 5.85. The van der Waals surface area contributed by atoms with Gasteiger partial charge in [0.05, 0.1) is 12.5 Å². The van der Waals surface area contributed by atoms with Crippen LogP contribution in [0.2, 0.25) is 0 Å². The van der Waals surface area contributed by atoms with Gasteiger partial charge in [0.2, 0.25) is 18.2 Å². The van der Waals surface area contributed by atoms with Gasteiger partial charge in [-0.05, 0) is 24.5 Å². The van der Waals surface area contributed by atoms with Gasteiger partial charge in [-0.15, -0.1) is 0 Å². The van der Waals surface area contributed by atoms with Gasteiger partial charge in [0, 0.05) is 6.20 Å². The van der Waals surface area contributed by atoms with E-state index in [1.54, 1.807) is 17.8 Å². The van der Waals surface area contributed by atoms with Crippen molar-refractivity contribution >= 4 is 35.7 Å². The average molecular weight is 393 g/mol. The number of ether oxygens (including phenoxy) is 2. The van der Waals surface area contributed by atoms with Crippen LogP contribution in [0.15, 0.2) is 42.2 Å². The first-order chi connectivity index (χ1) is 14.2. The second-order valence-corrected chi connectivity index (χ2v) is 6.43. The van der Waals surface area contributed by atoms with Gasteiger partial charge >= 0.3 is 5.97 Å². The van der Waals surface area contributed by atoms with Crippen molar-refractivity contribution in [1.82, 2.24) is 19.5 Å². The summed E-state index contributed by atoms with van der Waals surface area (Å²) in [6.45, 7) is 2.43. The highest BCUT2D eigenvalue weighted by Crippen LogP contribution is 2.40. The summed E-state index contributed by atoms with van der Waals surface area (Å²) in [4.78, 5) is 35.5. The van der Waals surface area contributed by atoms with E-state index in [0.717, 1.165) is 11.1 Å². The molecule has 1 fully saturated rings. The SMILES string of the molecule is CCOC(=O)C1CC1=Cn1cnc2nc(NC=O)nc(OCc3ccccc3)c21. The molecule has 9 heteroatoms. The van der Waals surface area contributed by atoms with Gasteiger partial charge in [-0.1, -0.05) is 30.3 Å². The van der Waals surface area contributed by atoms with E-state index in [4.69, 9.17) is 9.47 Å². The summed E-state index contributed by atoms with van der Waals surface area (Å²) in [6, 6.07) is 9.65. The summed E-state index contributed by atoms with van der Waals surface area (Å²) in [5, 5.41) is 2.43. The molecule has 1 unspecified atom stereocenters. The van der Waals surface area contributed by atoms with E-state index in [1.807, 2.05) is 36.5 Å². The molecule has 148 valence electrons. The summed E-state index contributed by atoms with van der Waals surface area (Å²) in [5.41, 5.74) is 2.84. The molecule has 3 aromatic rings. The van der Waals surface area contributed by atoms with Gasteiger partial charge in [0.1, 0.15) is 12.9 Å². The predicted octanol–water partition coefficient (Wildman–Crippen LogP) is 2.40. The van der Waals surface area contributed by atoms with Gasteiger partial charge in [-0.25, -0.2) is 4.98 Å². The number of carbonyl (C=O) groups is 2. The summed E-state index contributed by atoms with van der Waals surface area (Å²) >= 11 is 0. The third-order valence-electron chi connectivity index (χ3n) is 4.41. The summed E-state index contributed by atoms with van der Waals surface area (Å²) in [7, 11) is 0. The van der Waals surface area contributed by atoms with E-state index in [0.29, 0.717) is 37.2 Å². The van der Waals surface area contributed by atoms with Gasteiger partial charge in [0.25, 0.3) is 0 Å². The molecule has 0 bridgehead atoms. The van der Waals surface area contributed by atoms with Gasteiger partial charge < -0.3 is 9.47 Å². The number of esters is 1. The average Bonchev–Trinajstić information content (AvgIpc) is 3.39. The second-order valence-electron chi connectivity index (χ2n) is 6.43. The lowest BCUT2D eigenvalue weighted by atomic mass is 10.2. The molecule has 0 aliphatic heterocycles. The fourth-order valence-electron chi connectivity index (χ4n) is 2.93. The van der Waals surface area contributed by atoms with E-state index in [-0.39, 0.29) is 23.7 Å². The van der Waals surface area contributed by atoms with Crippen LogP contribution in [-0.4, -0.2) is 38.5 Å². The van der Waals surface area contributed by atoms with Crippen LogP contribution in [-0.2, 0) is 20.9 Å². The van der Waals surface area contributed by atoms with Crippen molar-refractivity contribution in [2.45, 2.75) is 20.0 Å². The highest BCUT2D eigenvalue weighted by Gasteiger charge is 2.38. The molecular weight excluding hydrogens is 374 g/mol. The Morgan fingerprint density at radius 1 is 1.31 bits per heavy atom. The molecule has 1 aliphatic rings. The minimum atomic E-state index is -0.225. The van der Waals surface area contributed by atoms with Gasteiger partial charge in [-0.3, -0.25) is 19.5 Å². The fourth-order valence-corrected chi connectivity index (χ4v) is 2.93. The van der Waals surface area contributed by atoms with Crippen LogP contribution in [0, 0.1) is 5.92 Å². The van der Waals surface area contributed by atoms with Crippen LogP contribution >= 0.6 is 0 Å². The topological polar surface area (TPSA) is 108 Å². The maximum Gasteiger partial charge on any atom is 0.313 e. The molecule has 29 heavy (non-hydrogen) atoms. The summed E-state index contributed by atoms with van der Waals surface area (Å²) < 4.78 is 12.7. The molecule has 0 saturated heterocycles. The number of fused-ring (bicyclic) bond motifs is 1. The van der Waals surface area contributed by atoms with Crippen LogP contribution in [0.3, 0.4) is 0 Å². The lowest BCUT2D eigenvalue weighted by Crippen LogP contribution is -2.06. The molecule has 0 radical (unpaired) electrons. The molecule has 2 heterocycles. The van der Waals surface area contributed by atoms with Crippen LogP contribution in [0.25, 0.3) is 17.4 Å². The maximum absolute atomic E-state index is 11.9. The van der Waals surface area contributed by atoms with Crippen molar-refractivity contribution < 1.29 is 19.1 Å². The molecule has 1 aromatic carbocycles. The first-order valence-corrected chi connectivity index (χ1v) is 9.18. The molecular formula is C20H19N5O4. The lowest BCUT2D eigenvalue weighted by molar-refractivity contribution is -0.144. The number of anilines is 1. The molecule has 1 amide bonds. The second kappa shape index (κ2) is 8.09. The number of amides is 1. The van der Waals surface area contributed by atoms with E-state index in [9.17, 15) is 9.59 Å². The Hall–Kier alpha value is -3.75. The molecule has 9 nitrogen and oxygen atoms in total. The molecule has 4 rings (SSSR count). The zero-order valence-electron chi connectivity index (χ0n) is 15.7. The first kappa shape index (κ1) is 18.6. The molecule has 1 aliphatic carbocycles. The van der Waals surface area contributed by atoms with Crippen molar-refractivity contribution in [3.05, 3.63) is 47.8 Å². The number of imidazole rings is 1. The zero-order valence-corrected chi connectivity index (χ0v) is 15.7. The standard InChI is InChI=1S/C20H19N5O4/c1-2-28-19(27)15-8-14(15)9-25-11-21-17-16(25)18(24-20(23-17)22-12-26)29-10-13-6-4-3-5-7-13/h3-7,9,11-12,15H,2,8,10H2,1H3,(H,22,23,24,26). The van der Waals surface area contributed by atoms with Crippen molar-refractivity contribution in [2.24, 2.45) is 5.92 Å². The molecule has 2 aromatic heterocycles. The number of nitrogens with one attached hydrogen (secondary N) is 1. The number of aromatic nitrogens is 4. The van der Waals surface area contributed by atoms with Crippen LogP contribution in [0.1, 0.15) is 18.9 Å². The number of benzene rings is 1. The van der Waals surface area contributed by atoms with E-state index in [2.05, 4.69) is 20.3 Å². The number of rotatable bonds is 8. The monoisotopic (exact) mass is 393 g/mol. The van der Waals surface area contributed by atoms with Crippen molar-refractivity contribution in [3.8, 4) is 5.88 Å². The number of hydrogen-bond donors (Lipinski definition) is 1. The van der Waals surface area contributed by atoms with E-state index < -0.39 is 0 Å². The molecule has 1 atom stereocenters. The normalized spacial score (nSPS) is 16.6. The summed E-state index contributed by atoms with van der Waals surface area (Å²) in [6.07, 6.45) is 4.54. The Balaban J connectivity index is 1.66. The van der Waals surface area contributed by atoms with Gasteiger partial charge in [-0.2, -0.15) is 9.97 Å². The van der Waals surface area contributed by atoms with Crippen LogP contribution in [0.5, 0.6) is 5.88 Å². The van der Waals surface area contributed by atoms with Crippen molar-refractivity contribution in [1.29, 1.82) is 0 Å². The Morgan fingerprint density at radius 3 is 2.90 bits per heavy atom. The minimum Gasteiger partial charge on any atom is -0.471 e. The smallest absolute Gasteiger partial charge is 0.313 e. The Labute approximate surface area is 166 Å². The molecule has 1 saturated carbocycles. The lowest BCUT2D eigenvalue weighted by Gasteiger charge is -2.09. The van der Waals surface area contributed by atoms with Crippen molar-refractivity contribution in [2.75, 3.05) is 11.9 Å². The molecule has 1 N–H and O–H groups in total. The largest absolute Gasteiger partial charge is 0.471 e. The third-order valence-corrected chi connectivity index (χ3v) is 4.41. The quantitative estimate of drug-likeness (QED) is 0.462. The highest BCUT2D eigenvalue weighted by atomic mass is 16.5. The Morgan fingerprint density at radius 2 is 2.14 bits per heavy atom. The summed E-state index contributed by atoms with van der Waals surface area (Å²) in [5.74, 6) is -0.0642. The third kappa shape index (κ3) is 4.08. The molecule has 0 spiro atoms. The first-order valence-electron chi connectivity index (χ1n) is 9.18. The van der Waals surface area contributed by atoms with Crippen molar-refractivity contribution in [3.63, 3.8) is 0 Å². The Kier molecular flexibility index (Phi) is 5.19. The van der Waals surface area contributed by atoms with Gasteiger partial charge in [0.15, 0.2) is 11.2 Å². The number of nitrogens with zero attached hydrogens (tertiary/aromatic N) is 4. The maximum atomic E-state index is 11.9. The van der Waals surface area contributed by atoms with E-state index in [1.165, 1.54) is 0 Å². The zero-order chi connectivity index (χ0) is 20.2. The number of hydrogen-bond acceptors (Lipinski definition) is 7. The fraction of sp³-hybridized carbons (Fsp3) is 0.250. The van der Waals surface area contributed by atoms with E-state index >= 15 is 0 Å². The van der Waals surface area contributed by atoms with Crippen LogP contribution < -0.4 is 10.1 Å². The minimum absolute atomic E-state index is 0.101. The van der Waals surface area contributed by atoms with Crippen LogP contribution in [0.4, 0.5) is 5.95 Å². The number of carbonyl (C=O) groups excluding carboxylic acids is 2. The Bertz CT molecular complexity index is 1080.